The van der Waals surface area contributed by atoms with Gasteiger partial charge in [-0.05, 0) is 24.1 Å². The molecule has 0 N–H and O–H groups in total. The van der Waals surface area contributed by atoms with Gasteiger partial charge in [0.15, 0.2) is 9.84 Å². The van der Waals surface area contributed by atoms with Crippen LogP contribution in [-0.4, -0.2) is 25.7 Å². The van der Waals surface area contributed by atoms with Gasteiger partial charge in [0.25, 0.3) is 0 Å². The van der Waals surface area contributed by atoms with Gasteiger partial charge >= 0.3 is 0 Å². The van der Waals surface area contributed by atoms with Crippen LogP contribution in [0.1, 0.15) is 12.0 Å². The Morgan fingerprint density at radius 3 is 2.47 bits per heavy atom. The lowest BCUT2D eigenvalue weighted by Crippen LogP contribution is -2.18. The second kappa shape index (κ2) is 4.78. The first kappa shape index (κ1) is 12.6. The Morgan fingerprint density at radius 1 is 1.29 bits per heavy atom. The normalized spacial score (nSPS) is 22.5. The van der Waals surface area contributed by atoms with Crippen molar-refractivity contribution in [2.24, 2.45) is 5.92 Å². The number of rotatable bonds is 3. The summed E-state index contributed by atoms with van der Waals surface area (Å²) < 4.78 is 22.5. The molecule has 0 amide bonds. The lowest BCUT2D eigenvalue weighted by molar-refractivity contribution is -0.121. The van der Waals surface area contributed by atoms with E-state index >= 15 is 0 Å². The number of carbonyl (C=O) groups excluding carboxylic acids is 1. The van der Waals surface area contributed by atoms with Gasteiger partial charge in [0.1, 0.15) is 5.78 Å². The first-order valence-electron chi connectivity index (χ1n) is 5.44. The molecule has 1 atom stereocenters. The van der Waals surface area contributed by atoms with Gasteiger partial charge in [-0.25, -0.2) is 8.42 Å². The summed E-state index contributed by atoms with van der Waals surface area (Å²) >= 11 is 5.75. The summed E-state index contributed by atoms with van der Waals surface area (Å²) in [5, 5.41) is 0.629. The van der Waals surface area contributed by atoms with Crippen LogP contribution in [0, 0.1) is 5.92 Å². The van der Waals surface area contributed by atoms with Crippen molar-refractivity contribution >= 4 is 27.2 Å². The molecule has 1 saturated heterocycles. The number of halogens is 1. The predicted octanol–water partition coefficient (Wildman–Crippen LogP) is 1.89. The van der Waals surface area contributed by atoms with Gasteiger partial charge in [-0.3, -0.25) is 4.79 Å². The largest absolute Gasteiger partial charge is 0.299 e. The van der Waals surface area contributed by atoms with E-state index in [4.69, 9.17) is 11.6 Å². The molecule has 1 unspecified atom stereocenters. The zero-order valence-electron chi connectivity index (χ0n) is 9.23. The average Bonchev–Trinajstić information content (AvgIpc) is 2.62. The molecule has 1 aliphatic rings. The number of carbonyl (C=O) groups is 1. The number of hydrogen-bond donors (Lipinski definition) is 0. The van der Waals surface area contributed by atoms with E-state index in [1.165, 1.54) is 0 Å². The van der Waals surface area contributed by atoms with E-state index in [1.54, 1.807) is 24.3 Å². The number of ketones is 1. The van der Waals surface area contributed by atoms with Crippen molar-refractivity contribution in [1.82, 2.24) is 0 Å². The second-order valence-corrected chi connectivity index (χ2v) is 7.03. The Hall–Kier alpha value is -0.870. The molecule has 3 nitrogen and oxygen atoms in total. The molecule has 1 aromatic carbocycles. The van der Waals surface area contributed by atoms with Crippen LogP contribution in [0.2, 0.25) is 5.02 Å². The van der Waals surface area contributed by atoms with Crippen molar-refractivity contribution in [3.05, 3.63) is 34.9 Å². The molecular weight excluding hydrogens is 260 g/mol. The van der Waals surface area contributed by atoms with Crippen molar-refractivity contribution < 1.29 is 13.2 Å². The monoisotopic (exact) mass is 272 g/mol. The Kier molecular flexibility index (Phi) is 3.54. The summed E-state index contributed by atoms with van der Waals surface area (Å²) in [4.78, 5) is 11.9. The zero-order chi connectivity index (χ0) is 12.5. The fraction of sp³-hybridized carbons (Fsp3) is 0.417. The highest BCUT2D eigenvalue weighted by Gasteiger charge is 2.32. The van der Waals surface area contributed by atoms with Gasteiger partial charge in [0, 0.05) is 17.4 Å². The first-order chi connectivity index (χ1) is 7.96. The van der Waals surface area contributed by atoms with Crippen molar-refractivity contribution in [2.75, 3.05) is 11.5 Å². The number of sulfone groups is 1. The maximum Gasteiger partial charge on any atom is 0.151 e. The number of hydrogen-bond acceptors (Lipinski definition) is 3. The van der Waals surface area contributed by atoms with Crippen molar-refractivity contribution in [2.45, 2.75) is 12.8 Å². The van der Waals surface area contributed by atoms with E-state index < -0.39 is 9.84 Å². The molecule has 5 heteroatoms. The second-order valence-electron chi connectivity index (χ2n) is 4.37. The predicted molar refractivity (Wildman–Crippen MR) is 66.9 cm³/mol. The van der Waals surface area contributed by atoms with E-state index in [9.17, 15) is 13.2 Å². The van der Waals surface area contributed by atoms with Crippen LogP contribution in [0.3, 0.4) is 0 Å². The van der Waals surface area contributed by atoms with Gasteiger partial charge in [-0.1, -0.05) is 23.7 Å². The zero-order valence-corrected chi connectivity index (χ0v) is 10.8. The van der Waals surface area contributed by atoms with E-state index in [0.717, 1.165) is 5.56 Å². The van der Waals surface area contributed by atoms with Crippen LogP contribution >= 0.6 is 11.6 Å². The summed E-state index contributed by atoms with van der Waals surface area (Å²) in [7, 11) is -2.98. The molecule has 92 valence electrons. The third-order valence-corrected chi connectivity index (χ3v) is 5.00. The maximum absolute atomic E-state index is 11.9. The smallest absolute Gasteiger partial charge is 0.151 e. The fourth-order valence-corrected chi connectivity index (χ4v) is 3.90. The molecule has 1 heterocycles. The van der Waals surface area contributed by atoms with Gasteiger partial charge in [0.05, 0.1) is 11.5 Å². The lowest BCUT2D eigenvalue weighted by atomic mass is 9.97. The van der Waals surface area contributed by atoms with Crippen LogP contribution in [0.15, 0.2) is 24.3 Å². The highest BCUT2D eigenvalue weighted by Crippen LogP contribution is 2.21. The van der Waals surface area contributed by atoms with E-state index in [1.807, 2.05) is 0 Å². The Bertz CT molecular complexity index is 519. The number of benzene rings is 1. The summed E-state index contributed by atoms with van der Waals surface area (Å²) in [5.41, 5.74) is 0.878. The molecular formula is C12H13ClO3S. The molecule has 0 saturated carbocycles. The molecule has 1 aromatic rings. The Morgan fingerprint density at radius 2 is 1.94 bits per heavy atom. The van der Waals surface area contributed by atoms with Crippen LogP contribution in [0.5, 0.6) is 0 Å². The van der Waals surface area contributed by atoms with E-state index in [2.05, 4.69) is 0 Å². The van der Waals surface area contributed by atoms with Crippen LogP contribution in [0.25, 0.3) is 0 Å². The van der Waals surface area contributed by atoms with E-state index in [-0.39, 0.29) is 29.6 Å². The van der Waals surface area contributed by atoms with Crippen molar-refractivity contribution in [3.8, 4) is 0 Å². The molecule has 0 aromatic heterocycles. The maximum atomic E-state index is 11.9. The third kappa shape index (κ3) is 3.30. The van der Waals surface area contributed by atoms with Crippen LogP contribution in [0.4, 0.5) is 0 Å². The fourth-order valence-electron chi connectivity index (χ4n) is 2.00. The topological polar surface area (TPSA) is 51.2 Å². The highest BCUT2D eigenvalue weighted by molar-refractivity contribution is 7.91. The SMILES string of the molecule is O=C(Cc1ccc(Cl)cc1)C1CCS(=O)(=O)C1. The standard InChI is InChI=1S/C12H13ClO3S/c13-11-3-1-9(2-4-11)7-12(14)10-5-6-17(15,16)8-10/h1-4,10H,5-8H2. The first-order valence-corrected chi connectivity index (χ1v) is 7.64. The lowest BCUT2D eigenvalue weighted by Gasteiger charge is -2.06. The minimum absolute atomic E-state index is 0.00778. The number of Topliss-reactive ketones (excluding diaryl/α,β-unsaturated/α-hetero) is 1. The summed E-state index contributed by atoms with van der Waals surface area (Å²) in [6, 6.07) is 7.05. The Labute approximate surface area is 106 Å². The van der Waals surface area contributed by atoms with Crippen molar-refractivity contribution in [1.29, 1.82) is 0 Å². The van der Waals surface area contributed by atoms with Crippen LogP contribution in [-0.2, 0) is 21.1 Å². The molecule has 1 fully saturated rings. The average molecular weight is 273 g/mol. The molecule has 0 aliphatic carbocycles. The molecule has 0 spiro atoms. The minimum atomic E-state index is -2.98. The van der Waals surface area contributed by atoms with Gasteiger partial charge in [-0.15, -0.1) is 0 Å². The van der Waals surface area contributed by atoms with Gasteiger partial charge in [0.2, 0.25) is 0 Å². The quantitative estimate of drug-likeness (QED) is 0.844. The third-order valence-electron chi connectivity index (χ3n) is 2.98. The highest BCUT2D eigenvalue weighted by atomic mass is 35.5. The van der Waals surface area contributed by atoms with Crippen LogP contribution < -0.4 is 0 Å². The summed E-state index contributed by atoms with van der Waals surface area (Å²) in [5.74, 6) is -0.159. The summed E-state index contributed by atoms with van der Waals surface area (Å²) in [6.07, 6.45) is 0.756. The molecule has 17 heavy (non-hydrogen) atoms. The van der Waals surface area contributed by atoms with Gasteiger partial charge < -0.3 is 0 Å². The van der Waals surface area contributed by atoms with Crippen molar-refractivity contribution in [3.63, 3.8) is 0 Å². The minimum Gasteiger partial charge on any atom is -0.299 e. The molecule has 1 aliphatic heterocycles. The van der Waals surface area contributed by atoms with E-state index in [0.29, 0.717) is 11.4 Å². The molecule has 0 radical (unpaired) electrons. The molecule has 2 rings (SSSR count). The summed E-state index contributed by atoms with van der Waals surface area (Å²) in [6.45, 7) is 0. The molecule has 0 bridgehead atoms. The Balaban J connectivity index is 2.01. The van der Waals surface area contributed by atoms with Gasteiger partial charge in [-0.2, -0.15) is 0 Å².